The van der Waals surface area contributed by atoms with Gasteiger partial charge in [-0.15, -0.1) is 0 Å². The van der Waals surface area contributed by atoms with Crippen molar-refractivity contribution < 1.29 is 19.1 Å². The Bertz CT molecular complexity index is 868. The number of rotatable bonds is 4. The van der Waals surface area contributed by atoms with E-state index in [1.54, 1.807) is 0 Å². The first-order valence-corrected chi connectivity index (χ1v) is 11.1. The van der Waals surface area contributed by atoms with Gasteiger partial charge in [0.15, 0.2) is 0 Å². The van der Waals surface area contributed by atoms with Crippen LogP contribution in [0.3, 0.4) is 0 Å². The van der Waals surface area contributed by atoms with Gasteiger partial charge in [-0.3, -0.25) is 9.59 Å². The maximum Gasteiger partial charge on any atom is 0.254 e. The maximum atomic E-state index is 13.1. The second-order valence-corrected chi connectivity index (χ2v) is 8.18. The zero-order valence-electron chi connectivity index (χ0n) is 16.6. The minimum atomic E-state index is -0.196. The number of thiophene rings is 1. The lowest BCUT2D eigenvalue weighted by Crippen LogP contribution is -2.43. The van der Waals surface area contributed by atoms with Crippen LogP contribution in [-0.2, 0) is 11.2 Å². The summed E-state index contributed by atoms with van der Waals surface area (Å²) < 4.78 is 11.4. The number of amides is 2. The molecule has 3 heterocycles. The monoisotopic (exact) mass is 414 g/mol. The number of carbonyl (C=O) groups is 2. The second-order valence-electron chi connectivity index (χ2n) is 7.40. The standard InChI is InChI=1S/C22H26N2O4S/c1-2-27-19-4-5-20-17(13-19)12-18(14-28-20)22(26)24-8-3-7-23(9-10-24)21(25)16-6-11-29-15-16/h4-6,11,13,15,18H,2-3,7-10,12,14H2,1H3. The van der Waals surface area contributed by atoms with Gasteiger partial charge in [0.25, 0.3) is 5.91 Å². The molecule has 7 heteroatoms. The molecule has 6 nitrogen and oxygen atoms in total. The van der Waals surface area contributed by atoms with Crippen molar-refractivity contribution in [1.29, 1.82) is 0 Å². The van der Waals surface area contributed by atoms with Crippen molar-refractivity contribution in [2.24, 2.45) is 5.92 Å². The van der Waals surface area contributed by atoms with E-state index < -0.39 is 0 Å². The molecule has 1 unspecified atom stereocenters. The molecule has 2 amide bonds. The first-order chi connectivity index (χ1) is 14.2. The number of ether oxygens (including phenoxy) is 2. The van der Waals surface area contributed by atoms with Gasteiger partial charge in [-0.25, -0.2) is 0 Å². The van der Waals surface area contributed by atoms with Crippen molar-refractivity contribution >= 4 is 23.2 Å². The smallest absolute Gasteiger partial charge is 0.254 e. The van der Waals surface area contributed by atoms with Crippen LogP contribution in [0.2, 0.25) is 0 Å². The van der Waals surface area contributed by atoms with Crippen LogP contribution in [0.15, 0.2) is 35.0 Å². The normalized spacial score (nSPS) is 19.1. The summed E-state index contributed by atoms with van der Waals surface area (Å²) >= 11 is 1.52. The van der Waals surface area contributed by atoms with Gasteiger partial charge in [-0.05, 0) is 55.0 Å². The molecule has 29 heavy (non-hydrogen) atoms. The molecular formula is C22H26N2O4S. The van der Waals surface area contributed by atoms with Gasteiger partial charge in [0, 0.05) is 31.6 Å². The number of hydrogen-bond donors (Lipinski definition) is 0. The van der Waals surface area contributed by atoms with E-state index in [-0.39, 0.29) is 17.7 Å². The minimum Gasteiger partial charge on any atom is -0.494 e. The van der Waals surface area contributed by atoms with E-state index in [4.69, 9.17) is 9.47 Å². The van der Waals surface area contributed by atoms with Gasteiger partial charge in [0.1, 0.15) is 18.1 Å². The van der Waals surface area contributed by atoms with Gasteiger partial charge in [-0.1, -0.05) is 0 Å². The summed E-state index contributed by atoms with van der Waals surface area (Å²) in [5.74, 6) is 1.61. The van der Waals surface area contributed by atoms with Crippen LogP contribution in [0.25, 0.3) is 0 Å². The second kappa shape index (κ2) is 8.86. The molecule has 1 atom stereocenters. The average Bonchev–Trinajstić information content (AvgIpc) is 3.17. The topological polar surface area (TPSA) is 59.1 Å². The molecule has 154 valence electrons. The fourth-order valence-corrected chi connectivity index (χ4v) is 4.58. The predicted octanol–water partition coefficient (Wildman–Crippen LogP) is 3.07. The predicted molar refractivity (Wildman–Crippen MR) is 112 cm³/mol. The number of benzene rings is 1. The SMILES string of the molecule is CCOc1ccc2c(c1)CC(C(=O)N1CCCN(C(=O)c3ccsc3)CC1)CO2. The van der Waals surface area contributed by atoms with E-state index in [0.29, 0.717) is 45.8 Å². The zero-order chi connectivity index (χ0) is 20.2. The Morgan fingerprint density at radius 2 is 2.00 bits per heavy atom. The van der Waals surface area contributed by atoms with Crippen molar-refractivity contribution in [3.8, 4) is 11.5 Å². The minimum absolute atomic E-state index is 0.0546. The Morgan fingerprint density at radius 3 is 2.79 bits per heavy atom. The third-order valence-corrected chi connectivity index (χ3v) is 6.14. The third kappa shape index (κ3) is 4.40. The maximum absolute atomic E-state index is 13.1. The molecule has 0 radical (unpaired) electrons. The van der Waals surface area contributed by atoms with Crippen LogP contribution in [0.4, 0.5) is 0 Å². The molecule has 2 aliphatic rings. The van der Waals surface area contributed by atoms with Crippen LogP contribution in [0.1, 0.15) is 29.3 Å². The molecule has 1 fully saturated rings. The summed E-state index contributed by atoms with van der Waals surface area (Å²) in [5, 5.41) is 3.79. The van der Waals surface area contributed by atoms with Crippen molar-refractivity contribution in [1.82, 2.24) is 9.80 Å². The largest absolute Gasteiger partial charge is 0.494 e. The fraction of sp³-hybridized carbons (Fsp3) is 0.455. The quantitative estimate of drug-likeness (QED) is 0.772. The highest BCUT2D eigenvalue weighted by atomic mass is 32.1. The Hall–Kier alpha value is -2.54. The summed E-state index contributed by atoms with van der Waals surface area (Å²) in [4.78, 5) is 29.5. The van der Waals surface area contributed by atoms with Crippen LogP contribution in [-0.4, -0.2) is 61.0 Å². The number of fused-ring (bicyclic) bond motifs is 1. The van der Waals surface area contributed by atoms with Crippen LogP contribution < -0.4 is 9.47 Å². The molecule has 2 aromatic rings. The van der Waals surface area contributed by atoms with E-state index in [2.05, 4.69) is 0 Å². The molecule has 0 N–H and O–H groups in total. The van der Waals surface area contributed by atoms with E-state index in [1.807, 2.05) is 51.7 Å². The molecular weight excluding hydrogens is 388 g/mol. The number of carbonyl (C=O) groups excluding carboxylic acids is 2. The molecule has 0 spiro atoms. The van der Waals surface area contributed by atoms with E-state index in [9.17, 15) is 9.59 Å². The van der Waals surface area contributed by atoms with Crippen LogP contribution in [0, 0.1) is 5.92 Å². The van der Waals surface area contributed by atoms with E-state index in [0.717, 1.165) is 29.0 Å². The van der Waals surface area contributed by atoms with Gasteiger partial charge in [-0.2, -0.15) is 11.3 Å². The van der Waals surface area contributed by atoms with Gasteiger partial charge in [0.2, 0.25) is 5.91 Å². The molecule has 4 rings (SSSR count). The average molecular weight is 415 g/mol. The highest BCUT2D eigenvalue weighted by molar-refractivity contribution is 7.08. The molecule has 1 aromatic heterocycles. The van der Waals surface area contributed by atoms with Gasteiger partial charge >= 0.3 is 0 Å². The van der Waals surface area contributed by atoms with Crippen molar-refractivity contribution in [3.63, 3.8) is 0 Å². The highest BCUT2D eigenvalue weighted by Gasteiger charge is 2.31. The van der Waals surface area contributed by atoms with E-state index >= 15 is 0 Å². The fourth-order valence-electron chi connectivity index (χ4n) is 3.95. The first kappa shape index (κ1) is 19.8. The zero-order valence-corrected chi connectivity index (χ0v) is 17.5. The lowest BCUT2D eigenvalue weighted by molar-refractivity contribution is -0.136. The molecule has 2 aliphatic heterocycles. The molecule has 1 saturated heterocycles. The number of hydrogen-bond acceptors (Lipinski definition) is 5. The summed E-state index contributed by atoms with van der Waals surface area (Å²) in [6.07, 6.45) is 1.45. The lowest BCUT2D eigenvalue weighted by atomic mass is 9.95. The summed E-state index contributed by atoms with van der Waals surface area (Å²) in [6, 6.07) is 7.65. The Kier molecular flexibility index (Phi) is 6.04. The first-order valence-electron chi connectivity index (χ1n) is 10.1. The summed E-state index contributed by atoms with van der Waals surface area (Å²) in [7, 11) is 0. The number of nitrogens with zero attached hydrogens (tertiary/aromatic N) is 2. The van der Waals surface area contributed by atoms with E-state index in [1.165, 1.54) is 11.3 Å². The molecule has 0 bridgehead atoms. The lowest BCUT2D eigenvalue weighted by Gasteiger charge is -2.30. The van der Waals surface area contributed by atoms with Crippen molar-refractivity contribution in [2.75, 3.05) is 39.4 Å². The molecule has 1 aromatic carbocycles. The van der Waals surface area contributed by atoms with Crippen molar-refractivity contribution in [3.05, 3.63) is 46.2 Å². The van der Waals surface area contributed by atoms with Crippen LogP contribution in [0.5, 0.6) is 11.5 Å². The third-order valence-electron chi connectivity index (χ3n) is 5.46. The Balaban J connectivity index is 1.38. The van der Waals surface area contributed by atoms with Gasteiger partial charge < -0.3 is 19.3 Å². The summed E-state index contributed by atoms with van der Waals surface area (Å²) in [5.41, 5.74) is 1.75. The van der Waals surface area contributed by atoms with Gasteiger partial charge in [0.05, 0.1) is 18.1 Å². The van der Waals surface area contributed by atoms with Crippen LogP contribution >= 0.6 is 11.3 Å². The molecule has 0 saturated carbocycles. The molecule has 0 aliphatic carbocycles. The Labute approximate surface area is 175 Å². The Morgan fingerprint density at radius 1 is 1.17 bits per heavy atom. The highest BCUT2D eigenvalue weighted by Crippen LogP contribution is 2.31. The van der Waals surface area contributed by atoms with Crippen molar-refractivity contribution in [2.45, 2.75) is 19.8 Å². The summed E-state index contributed by atoms with van der Waals surface area (Å²) in [6.45, 7) is 5.45.